The maximum Gasteiger partial charge on any atom is 0.345 e. The zero-order valence-corrected chi connectivity index (χ0v) is 13.5. The Morgan fingerprint density at radius 2 is 1.95 bits per heavy atom. The summed E-state index contributed by atoms with van der Waals surface area (Å²) in [6, 6.07) is 6.49. The van der Waals surface area contributed by atoms with Crippen LogP contribution in [0.5, 0.6) is 0 Å². The van der Waals surface area contributed by atoms with Crippen LogP contribution in [-0.2, 0) is 16.6 Å². The zero-order chi connectivity index (χ0) is 14.9. The Labute approximate surface area is 132 Å². The van der Waals surface area contributed by atoms with Gasteiger partial charge >= 0.3 is 5.97 Å². The van der Waals surface area contributed by atoms with Gasteiger partial charge in [0.25, 0.3) is 0 Å². The van der Waals surface area contributed by atoms with Crippen LogP contribution in [0.25, 0.3) is 0 Å². The quantitative estimate of drug-likeness (QED) is 0.892. The third-order valence-corrected chi connectivity index (χ3v) is 6.07. The molecule has 1 aromatic heterocycles. The van der Waals surface area contributed by atoms with E-state index in [0.29, 0.717) is 14.9 Å². The molecule has 1 aromatic carbocycles. The minimum atomic E-state index is -1.42. The first-order chi connectivity index (χ1) is 9.40. The molecular formula is C13H10Cl2O3S2. The first kappa shape index (κ1) is 15.5. The molecule has 0 bridgehead atoms. The molecule has 0 amide bonds. The number of carboxylic acids is 1. The molecule has 0 saturated heterocycles. The summed E-state index contributed by atoms with van der Waals surface area (Å²) in [7, 11) is -1.42. The van der Waals surface area contributed by atoms with Gasteiger partial charge < -0.3 is 5.11 Å². The molecule has 20 heavy (non-hydrogen) atoms. The number of aromatic carboxylic acids is 1. The number of halogens is 2. The maximum absolute atomic E-state index is 12.4. The van der Waals surface area contributed by atoms with E-state index in [4.69, 9.17) is 28.3 Å². The molecule has 7 heteroatoms. The Hall–Kier alpha value is -0.880. The molecule has 0 aliphatic heterocycles. The molecule has 1 heterocycles. The molecule has 0 spiro atoms. The first-order valence-electron chi connectivity index (χ1n) is 5.55. The van der Waals surface area contributed by atoms with Gasteiger partial charge in [-0.1, -0.05) is 29.3 Å². The molecular weight excluding hydrogens is 339 g/mol. The highest BCUT2D eigenvalue weighted by Gasteiger charge is 2.17. The number of hydrogen-bond acceptors (Lipinski definition) is 3. The number of aryl methyl sites for hydroxylation is 1. The normalized spacial score (nSPS) is 12.3. The SMILES string of the molecule is Cc1sc(C(=O)O)cc1CS(=O)c1c(Cl)cccc1Cl. The molecule has 106 valence electrons. The van der Waals surface area contributed by atoms with Crippen LogP contribution in [0.1, 0.15) is 20.1 Å². The number of thiophene rings is 1. The van der Waals surface area contributed by atoms with Crippen LogP contribution in [0, 0.1) is 6.92 Å². The Kier molecular flexibility index (Phi) is 4.86. The van der Waals surface area contributed by atoms with Gasteiger partial charge in [0, 0.05) is 4.88 Å². The lowest BCUT2D eigenvalue weighted by molar-refractivity contribution is 0.0702. The predicted octanol–water partition coefficient (Wildman–Crippen LogP) is 4.37. The van der Waals surface area contributed by atoms with Gasteiger partial charge in [0.1, 0.15) is 4.88 Å². The molecule has 2 rings (SSSR count). The van der Waals surface area contributed by atoms with Crippen molar-refractivity contribution in [3.8, 4) is 0 Å². The van der Waals surface area contributed by atoms with Gasteiger partial charge in [-0.05, 0) is 30.7 Å². The van der Waals surface area contributed by atoms with E-state index in [0.717, 1.165) is 10.4 Å². The summed E-state index contributed by atoms with van der Waals surface area (Å²) in [5.74, 6) is -0.787. The highest BCUT2D eigenvalue weighted by atomic mass is 35.5. The fourth-order valence-electron chi connectivity index (χ4n) is 1.68. The van der Waals surface area contributed by atoms with Crippen molar-refractivity contribution in [1.29, 1.82) is 0 Å². The fourth-order valence-corrected chi connectivity index (χ4v) is 4.87. The van der Waals surface area contributed by atoms with E-state index in [-0.39, 0.29) is 10.6 Å². The van der Waals surface area contributed by atoms with Crippen LogP contribution in [0.2, 0.25) is 10.0 Å². The van der Waals surface area contributed by atoms with Gasteiger partial charge in [-0.25, -0.2) is 4.79 Å². The summed E-state index contributed by atoms with van der Waals surface area (Å²) in [5, 5.41) is 9.65. The Morgan fingerprint density at radius 3 is 2.45 bits per heavy atom. The second-order valence-corrected chi connectivity index (χ2v) is 7.50. The number of rotatable bonds is 4. The highest BCUT2D eigenvalue weighted by molar-refractivity contribution is 7.84. The zero-order valence-electron chi connectivity index (χ0n) is 10.4. The molecule has 0 fully saturated rings. The van der Waals surface area contributed by atoms with E-state index in [9.17, 15) is 9.00 Å². The Balaban J connectivity index is 2.30. The van der Waals surface area contributed by atoms with Crippen molar-refractivity contribution in [2.45, 2.75) is 17.6 Å². The van der Waals surface area contributed by atoms with E-state index in [1.54, 1.807) is 31.2 Å². The summed E-state index contributed by atoms with van der Waals surface area (Å²) in [4.78, 5) is 12.4. The van der Waals surface area contributed by atoms with Crippen LogP contribution in [-0.4, -0.2) is 15.3 Å². The molecule has 1 unspecified atom stereocenters. The van der Waals surface area contributed by atoms with Crippen LogP contribution in [0.15, 0.2) is 29.2 Å². The van der Waals surface area contributed by atoms with E-state index in [2.05, 4.69) is 0 Å². The Morgan fingerprint density at radius 1 is 1.35 bits per heavy atom. The van der Waals surface area contributed by atoms with Crippen molar-refractivity contribution in [1.82, 2.24) is 0 Å². The van der Waals surface area contributed by atoms with Gasteiger partial charge in [-0.2, -0.15) is 0 Å². The predicted molar refractivity (Wildman–Crippen MR) is 82.6 cm³/mol. The number of benzene rings is 1. The monoisotopic (exact) mass is 348 g/mol. The average molecular weight is 349 g/mol. The van der Waals surface area contributed by atoms with E-state index in [1.165, 1.54) is 11.3 Å². The number of carbonyl (C=O) groups is 1. The van der Waals surface area contributed by atoms with Gasteiger partial charge in [0.2, 0.25) is 0 Å². The lowest BCUT2D eigenvalue weighted by Crippen LogP contribution is -1.99. The van der Waals surface area contributed by atoms with Crippen molar-refractivity contribution in [2.24, 2.45) is 0 Å². The van der Waals surface area contributed by atoms with Crippen molar-refractivity contribution >= 4 is 51.3 Å². The van der Waals surface area contributed by atoms with Crippen molar-refractivity contribution in [3.05, 3.63) is 49.6 Å². The van der Waals surface area contributed by atoms with Crippen LogP contribution < -0.4 is 0 Å². The summed E-state index contributed by atoms with van der Waals surface area (Å²) < 4.78 is 12.4. The van der Waals surface area contributed by atoms with E-state index in [1.807, 2.05) is 0 Å². The summed E-state index contributed by atoms with van der Waals surface area (Å²) >= 11 is 13.2. The average Bonchev–Trinajstić information content (AvgIpc) is 2.71. The van der Waals surface area contributed by atoms with Gasteiger partial charge in [0.15, 0.2) is 0 Å². The molecule has 0 aliphatic rings. The molecule has 2 aromatic rings. The third kappa shape index (κ3) is 3.23. The van der Waals surface area contributed by atoms with E-state index >= 15 is 0 Å². The molecule has 1 atom stereocenters. The number of hydrogen-bond donors (Lipinski definition) is 1. The first-order valence-corrected chi connectivity index (χ1v) is 8.44. The lowest BCUT2D eigenvalue weighted by Gasteiger charge is -2.06. The van der Waals surface area contributed by atoms with Gasteiger partial charge in [0.05, 0.1) is 31.5 Å². The Bertz CT molecular complexity index is 675. The summed E-state index contributed by atoms with van der Waals surface area (Å²) in [5.41, 5.74) is 0.738. The summed E-state index contributed by atoms with van der Waals surface area (Å²) in [6.07, 6.45) is 0. The second kappa shape index (κ2) is 6.26. The number of carboxylic acid groups (broad SMARTS) is 1. The molecule has 0 radical (unpaired) electrons. The smallest absolute Gasteiger partial charge is 0.345 e. The fraction of sp³-hybridized carbons (Fsp3) is 0.154. The third-order valence-electron chi connectivity index (χ3n) is 2.66. The van der Waals surface area contributed by atoms with Crippen LogP contribution >= 0.6 is 34.5 Å². The topological polar surface area (TPSA) is 54.4 Å². The molecule has 0 aliphatic carbocycles. The van der Waals surface area contributed by atoms with Crippen molar-refractivity contribution < 1.29 is 14.1 Å². The highest BCUT2D eigenvalue weighted by Crippen LogP contribution is 2.31. The van der Waals surface area contributed by atoms with Crippen LogP contribution in [0.3, 0.4) is 0 Å². The molecule has 1 N–H and O–H groups in total. The van der Waals surface area contributed by atoms with Crippen LogP contribution in [0.4, 0.5) is 0 Å². The van der Waals surface area contributed by atoms with Gasteiger partial charge in [-0.3, -0.25) is 4.21 Å². The largest absolute Gasteiger partial charge is 0.477 e. The molecule has 0 saturated carbocycles. The lowest BCUT2D eigenvalue weighted by atomic mass is 10.3. The van der Waals surface area contributed by atoms with Gasteiger partial charge in [-0.15, -0.1) is 11.3 Å². The van der Waals surface area contributed by atoms with E-state index < -0.39 is 16.8 Å². The minimum absolute atomic E-state index is 0.194. The van der Waals surface area contributed by atoms with Crippen molar-refractivity contribution in [3.63, 3.8) is 0 Å². The standard InChI is InChI=1S/C13H10Cl2O3S2/c1-7-8(5-11(19-7)13(16)17)6-20(18)12-9(14)3-2-4-10(12)15/h2-5H,6H2,1H3,(H,16,17). The summed E-state index contributed by atoms with van der Waals surface area (Å²) in [6.45, 7) is 1.80. The maximum atomic E-state index is 12.4. The van der Waals surface area contributed by atoms with Crippen molar-refractivity contribution in [2.75, 3.05) is 0 Å². The molecule has 3 nitrogen and oxygen atoms in total. The second-order valence-electron chi connectivity index (χ2n) is 4.04. The minimum Gasteiger partial charge on any atom is -0.477 e.